The SMILES string of the molecule is C[C@@H](O)Cn1nc(N)c2ccc(OCc3ccccc3)cc21.C[C@@H](O)Cn1ncc2ccc(OCc3ccccc3)cc21. The van der Waals surface area contributed by atoms with Crippen molar-refractivity contribution in [3.05, 3.63) is 114 Å². The third-order valence-electron chi connectivity index (χ3n) is 6.74. The molecule has 0 aliphatic heterocycles. The molecule has 222 valence electrons. The van der Waals surface area contributed by atoms with Gasteiger partial charge in [0, 0.05) is 22.9 Å². The molecule has 9 nitrogen and oxygen atoms in total. The quantitative estimate of drug-likeness (QED) is 0.194. The average Bonchev–Trinajstić information content (AvgIpc) is 3.54. The second kappa shape index (κ2) is 13.9. The highest BCUT2D eigenvalue weighted by Gasteiger charge is 2.11. The lowest BCUT2D eigenvalue weighted by atomic mass is 10.2. The Morgan fingerprint density at radius 2 is 1.23 bits per heavy atom. The van der Waals surface area contributed by atoms with Gasteiger partial charge in [0.2, 0.25) is 0 Å². The molecule has 9 heteroatoms. The maximum Gasteiger partial charge on any atom is 0.153 e. The molecule has 4 N–H and O–H groups in total. The molecule has 0 saturated heterocycles. The van der Waals surface area contributed by atoms with E-state index < -0.39 is 12.2 Å². The van der Waals surface area contributed by atoms with Gasteiger partial charge in [-0.3, -0.25) is 9.36 Å². The third-order valence-corrected chi connectivity index (χ3v) is 6.74. The lowest BCUT2D eigenvalue weighted by molar-refractivity contribution is 0.170. The van der Waals surface area contributed by atoms with Crippen molar-refractivity contribution in [2.24, 2.45) is 0 Å². The van der Waals surface area contributed by atoms with Crippen molar-refractivity contribution in [3.63, 3.8) is 0 Å². The molecule has 6 rings (SSSR count). The molecule has 6 aromatic rings. The molecule has 0 radical (unpaired) electrons. The number of rotatable bonds is 10. The number of aliphatic hydroxyl groups excluding tert-OH is 2. The molecule has 0 bridgehead atoms. The monoisotopic (exact) mass is 579 g/mol. The predicted molar refractivity (Wildman–Crippen MR) is 169 cm³/mol. The van der Waals surface area contributed by atoms with Crippen molar-refractivity contribution in [1.29, 1.82) is 0 Å². The minimum absolute atomic E-state index is 0.399. The van der Waals surface area contributed by atoms with Crippen LogP contribution in [0.15, 0.2) is 103 Å². The van der Waals surface area contributed by atoms with Crippen LogP contribution >= 0.6 is 0 Å². The lowest BCUT2D eigenvalue weighted by Crippen LogP contribution is -2.13. The smallest absolute Gasteiger partial charge is 0.153 e. The van der Waals surface area contributed by atoms with Crippen LogP contribution in [0.2, 0.25) is 0 Å². The van der Waals surface area contributed by atoms with Gasteiger partial charge in [0.25, 0.3) is 0 Å². The molecule has 2 aromatic heterocycles. The van der Waals surface area contributed by atoms with E-state index in [1.165, 1.54) is 0 Å². The van der Waals surface area contributed by atoms with Crippen molar-refractivity contribution in [3.8, 4) is 11.5 Å². The van der Waals surface area contributed by atoms with Crippen LogP contribution in [0.4, 0.5) is 5.82 Å². The largest absolute Gasteiger partial charge is 0.489 e. The summed E-state index contributed by atoms with van der Waals surface area (Å²) in [6.07, 6.45) is 0.886. The van der Waals surface area contributed by atoms with E-state index in [4.69, 9.17) is 15.2 Å². The molecule has 0 unspecified atom stereocenters. The first-order valence-corrected chi connectivity index (χ1v) is 14.3. The Morgan fingerprint density at radius 1 is 0.698 bits per heavy atom. The highest BCUT2D eigenvalue weighted by Crippen LogP contribution is 2.26. The fourth-order valence-electron chi connectivity index (χ4n) is 4.68. The highest BCUT2D eigenvalue weighted by atomic mass is 16.5. The number of ether oxygens (including phenoxy) is 2. The van der Waals surface area contributed by atoms with Crippen molar-refractivity contribution in [2.75, 3.05) is 5.73 Å². The third kappa shape index (κ3) is 7.91. The molecule has 0 saturated carbocycles. The molecular formula is C34H37N5O4. The van der Waals surface area contributed by atoms with Crippen LogP contribution in [0.1, 0.15) is 25.0 Å². The number of fused-ring (bicyclic) bond motifs is 2. The van der Waals surface area contributed by atoms with E-state index in [0.29, 0.717) is 32.1 Å². The fraction of sp³-hybridized carbons (Fsp3) is 0.235. The minimum Gasteiger partial charge on any atom is -0.489 e. The summed E-state index contributed by atoms with van der Waals surface area (Å²) in [6.45, 7) is 5.40. The van der Waals surface area contributed by atoms with Crippen LogP contribution in [0.3, 0.4) is 0 Å². The summed E-state index contributed by atoms with van der Waals surface area (Å²) in [6, 6.07) is 31.6. The summed E-state index contributed by atoms with van der Waals surface area (Å²) in [4.78, 5) is 0. The summed E-state index contributed by atoms with van der Waals surface area (Å²) >= 11 is 0. The van der Waals surface area contributed by atoms with Crippen molar-refractivity contribution >= 4 is 27.6 Å². The number of benzene rings is 4. The Hall–Kier alpha value is -4.86. The Labute approximate surface area is 250 Å². The van der Waals surface area contributed by atoms with Gasteiger partial charge in [-0.25, -0.2) is 0 Å². The van der Waals surface area contributed by atoms with E-state index in [1.807, 2.05) is 97.1 Å². The Bertz CT molecular complexity index is 1750. The minimum atomic E-state index is -0.489. The molecular weight excluding hydrogens is 542 g/mol. The molecule has 43 heavy (non-hydrogen) atoms. The average molecular weight is 580 g/mol. The highest BCUT2D eigenvalue weighted by molar-refractivity contribution is 5.90. The van der Waals surface area contributed by atoms with Gasteiger partial charge in [-0.15, -0.1) is 0 Å². The molecule has 4 aromatic carbocycles. The van der Waals surface area contributed by atoms with Gasteiger partial charge in [0.15, 0.2) is 5.82 Å². The normalized spacial score (nSPS) is 12.5. The van der Waals surface area contributed by atoms with Gasteiger partial charge in [-0.1, -0.05) is 60.7 Å². The zero-order valence-electron chi connectivity index (χ0n) is 24.4. The molecule has 0 aliphatic carbocycles. The first-order chi connectivity index (χ1) is 20.9. The zero-order chi connectivity index (χ0) is 30.2. The van der Waals surface area contributed by atoms with Crippen LogP contribution < -0.4 is 15.2 Å². The first-order valence-electron chi connectivity index (χ1n) is 14.3. The van der Waals surface area contributed by atoms with Gasteiger partial charge in [0.05, 0.1) is 42.5 Å². The number of aromatic nitrogens is 4. The summed E-state index contributed by atoms with van der Waals surface area (Å²) in [5.74, 6) is 2.02. The fourth-order valence-corrected chi connectivity index (χ4v) is 4.68. The lowest BCUT2D eigenvalue weighted by Gasteiger charge is -2.09. The van der Waals surface area contributed by atoms with Gasteiger partial charge >= 0.3 is 0 Å². The number of nitrogens with zero attached hydrogens (tertiary/aromatic N) is 4. The van der Waals surface area contributed by atoms with Crippen molar-refractivity contribution < 1.29 is 19.7 Å². The van der Waals surface area contributed by atoms with Crippen molar-refractivity contribution in [1.82, 2.24) is 19.6 Å². The van der Waals surface area contributed by atoms with E-state index in [0.717, 1.165) is 44.4 Å². The number of anilines is 1. The van der Waals surface area contributed by atoms with Gasteiger partial charge < -0.3 is 25.4 Å². The molecule has 0 fully saturated rings. The van der Waals surface area contributed by atoms with Crippen LogP contribution in [-0.2, 0) is 26.3 Å². The van der Waals surface area contributed by atoms with Crippen LogP contribution in [-0.4, -0.2) is 42.0 Å². The molecule has 0 aliphatic rings. The zero-order valence-corrected chi connectivity index (χ0v) is 24.4. The second-order valence-corrected chi connectivity index (χ2v) is 10.5. The number of hydrogen-bond donors (Lipinski definition) is 3. The first kappa shape index (κ1) is 29.6. The summed E-state index contributed by atoms with van der Waals surface area (Å²) in [5, 5.41) is 29.6. The molecule has 2 atom stereocenters. The van der Waals surface area contributed by atoms with Crippen LogP contribution in [0.25, 0.3) is 21.8 Å². The number of nitrogen functional groups attached to an aromatic ring is 1. The summed E-state index contributed by atoms with van der Waals surface area (Å²) in [7, 11) is 0. The topological polar surface area (TPSA) is 121 Å². The van der Waals surface area contributed by atoms with E-state index >= 15 is 0 Å². The van der Waals surface area contributed by atoms with E-state index in [9.17, 15) is 10.2 Å². The van der Waals surface area contributed by atoms with Crippen LogP contribution in [0.5, 0.6) is 11.5 Å². The Kier molecular flexibility index (Phi) is 9.56. The second-order valence-electron chi connectivity index (χ2n) is 10.5. The van der Waals surface area contributed by atoms with Gasteiger partial charge in [0.1, 0.15) is 24.7 Å². The van der Waals surface area contributed by atoms with E-state index in [-0.39, 0.29) is 0 Å². The standard InChI is InChI=1S/C17H19N3O2.C17H18N2O2/c1-12(21)10-20-16-9-14(7-8-15(16)17(18)19-20)22-11-13-5-3-2-4-6-13;1-13(20)11-19-17-9-16(8-7-15(17)10-18-19)21-12-14-5-3-2-4-6-14/h2-9,12,21H,10-11H2,1H3,(H2,18,19);2-10,13,20H,11-12H2,1H3/t12-;13-/m11/s1. The molecule has 2 heterocycles. The number of aliphatic hydroxyl groups is 2. The molecule has 0 amide bonds. The predicted octanol–water partition coefficient (Wildman–Crippen LogP) is 5.57. The maximum atomic E-state index is 9.56. The number of nitrogens with two attached hydrogens (primary N) is 1. The summed E-state index contributed by atoms with van der Waals surface area (Å²) in [5.41, 5.74) is 10.00. The van der Waals surface area contributed by atoms with Crippen molar-refractivity contribution in [2.45, 2.75) is 52.4 Å². The Balaban J connectivity index is 0.000000171. The van der Waals surface area contributed by atoms with Gasteiger partial charge in [-0.05, 0) is 49.2 Å². The Morgan fingerprint density at radius 3 is 1.81 bits per heavy atom. The van der Waals surface area contributed by atoms with Gasteiger partial charge in [-0.2, -0.15) is 10.2 Å². The molecule has 0 spiro atoms. The van der Waals surface area contributed by atoms with Crippen LogP contribution in [0, 0.1) is 0 Å². The number of hydrogen-bond acceptors (Lipinski definition) is 7. The summed E-state index contributed by atoms with van der Waals surface area (Å²) < 4.78 is 15.2. The maximum absolute atomic E-state index is 9.56. The van der Waals surface area contributed by atoms with E-state index in [1.54, 1.807) is 29.4 Å². The van der Waals surface area contributed by atoms with E-state index in [2.05, 4.69) is 10.2 Å².